The first kappa shape index (κ1) is 28.7. The van der Waals surface area contributed by atoms with Crippen LogP contribution in [0.1, 0.15) is 45.1 Å². The van der Waals surface area contributed by atoms with Crippen LogP contribution in [0, 0.1) is 23.6 Å². The Morgan fingerprint density at radius 2 is 1.64 bits per heavy atom. The van der Waals surface area contributed by atoms with Crippen LogP contribution in [0.3, 0.4) is 0 Å². The number of methoxy groups -OCH3 is 1. The van der Waals surface area contributed by atoms with Crippen LogP contribution in [-0.4, -0.2) is 56.0 Å². The normalized spacial score (nSPS) is 32.5. The van der Waals surface area contributed by atoms with Crippen molar-refractivity contribution in [3.63, 3.8) is 0 Å². The zero-order chi connectivity index (χ0) is 30.5. The first-order valence-corrected chi connectivity index (χ1v) is 14.4. The lowest BCUT2D eigenvalue weighted by Gasteiger charge is -2.50. The van der Waals surface area contributed by atoms with E-state index < -0.39 is 56.6 Å². The molecule has 1 saturated carbocycles. The number of likely N-dealkylation sites (tertiary alicyclic amines) is 1. The lowest BCUT2D eigenvalue weighted by atomic mass is 9.56. The molecule has 6 atom stereocenters. The van der Waals surface area contributed by atoms with Crippen molar-refractivity contribution in [2.75, 3.05) is 12.0 Å². The average Bonchev–Trinajstić information content (AvgIpc) is 3.27. The largest absolute Gasteiger partial charge is 0.504 e. The van der Waals surface area contributed by atoms with Gasteiger partial charge in [-0.3, -0.25) is 24.1 Å². The minimum Gasteiger partial charge on any atom is -0.504 e. The molecule has 11 heteroatoms. The van der Waals surface area contributed by atoms with Crippen LogP contribution in [0.15, 0.2) is 54.1 Å². The molecule has 0 radical (unpaired) electrons. The van der Waals surface area contributed by atoms with E-state index in [9.17, 15) is 28.7 Å². The summed E-state index contributed by atoms with van der Waals surface area (Å²) in [6.45, 7) is 5.35. The highest BCUT2D eigenvalue weighted by molar-refractivity contribution is 6.58. The number of allylic oxidation sites excluding steroid dienone is 2. The molecule has 2 heterocycles. The van der Waals surface area contributed by atoms with Crippen molar-refractivity contribution in [3.05, 3.63) is 65.5 Å². The predicted octanol–water partition coefficient (Wildman–Crippen LogP) is 4.90. The number of hydrogen-bond acceptors (Lipinski definition) is 6. The maximum absolute atomic E-state index is 14.3. The molecular formula is C31H29Cl2FN2O6. The zero-order valence-electron chi connectivity index (χ0n) is 23.4. The number of aromatic hydroxyl groups is 1. The Morgan fingerprint density at radius 3 is 2.24 bits per heavy atom. The van der Waals surface area contributed by atoms with Crippen molar-refractivity contribution in [1.82, 2.24) is 4.90 Å². The molecule has 2 aliphatic heterocycles. The Kier molecular flexibility index (Phi) is 6.34. The zero-order valence-corrected chi connectivity index (χ0v) is 24.9. The lowest BCUT2D eigenvalue weighted by molar-refractivity contribution is -0.145. The number of imide groups is 2. The van der Waals surface area contributed by atoms with Gasteiger partial charge < -0.3 is 9.84 Å². The van der Waals surface area contributed by atoms with E-state index in [1.54, 1.807) is 26.8 Å². The van der Waals surface area contributed by atoms with Crippen molar-refractivity contribution in [2.24, 2.45) is 17.8 Å². The number of benzene rings is 2. The quantitative estimate of drug-likeness (QED) is 0.299. The van der Waals surface area contributed by atoms with E-state index in [1.165, 1.54) is 36.3 Å². The van der Waals surface area contributed by atoms with Gasteiger partial charge in [-0.25, -0.2) is 9.29 Å². The summed E-state index contributed by atoms with van der Waals surface area (Å²) < 4.78 is 19.0. The number of rotatable bonds is 3. The summed E-state index contributed by atoms with van der Waals surface area (Å²) in [4.78, 5) is 53.9. The number of phenolic OH excluding ortho intramolecular Hbond substituents is 1. The number of phenols is 1. The minimum atomic E-state index is -2.08. The van der Waals surface area contributed by atoms with Gasteiger partial charge >= 0.3 is 0 Å². The molecule has 4 aliphatic rings. The van der Waals surface area contributed by atoms with Crippen molar-refractivity contribution < 1.29 is 33.4 Å². The number of ether oxygens (including phenoxy) is 1. The second kappa shape index (κ2) is 9.28. The smallest absolute Gasteiger partial charge is 0.258 e. The standard InChI is InChI=1S/C31H29Cl2FN2O6/c1-29(2,3)36-25(38)19-11-10-18-20(23(19)26(36)39)14-30(32)27(40)35(17-8-6-16(34)7-9-17)28(41)31(30,33)24(18)15-5-12-22(42-4)21(37)13-15/h5-10,12-13,19-20,23-24,37H,11,14H2,1-4H3. The Labute approximate surface area is 252 Å². The number of carbonyl (C=O) groups excluding carboxylic acids is 4. The summed E-state index contributed by atoms with van der Waals surface area (Å²) in [5, 5.41) is 10.7. The van der Waals surface area contributed by atoms with Crippen LogP contribution >= 0.6 is 23.2 Å². The van der Waals surface area contributed by atoms with Crippen molar-refractivity contribution in [1.29, 1.82) is 0 Å². The Hall–Kier alpha value is -3.43. The summed E-state index contributed by atoms with van der Waals surface area (Å²) in [6, 6.07) is 9.37. The van der Waals surface area contributed by atoms with E-state index >= 15 is 0 Å². The van der Waals surface area contributed by atoms with Gasteiger partial charge in [-0.15, -0.1) is 23.2 Å². The van der Waals surface area contributed by atoms with E-state index in [2.05, 4.69) is 0 Å². The van der Waals surface area contributed by atoms with Crippen LogP contribution in [0.25, 0.3) is 0 Å². The molecule has 2 saturated heterocycles. The van der Waals surface area contributed by atoms with Crippen LogP contribution < -0.4 is 9.64 Å². The van der Waals surface area contributed by atoms with Gasteiger partial charge in [-0.1, -0.05) is 17.7 Å². The third kappa shape index (κ3) is 3.65. The maximum atomic E-state index is 14.3. The molecule has 0 spiro atoms. The second-order valence-corrected chi connectivity index (χ2v) is 13.6. The van der Waals surface area contributed by atoms with Crippen LogP contribution in [0.2, 0.25) is 0 Å². The first-order chi connectivity index (χ1) is 19.7. The van der Waals surface area contributed by atoms with Gasteiger partial charge in [0.05, 0.1) is 24.6 Å². The summed E-state index contributed by atoms with van der Waals surface area (Å²) in [6.07, 6.45) is 1.88. The van der Waals surface area contributed by atoms with Crippen LogP contribution in [0.5, 0.6) is 11.5 Å². The van der Waals surface area contributed by atoms with Gasteiger partial charge in [0.15, 0.2) is 21.2 Å². The molecule has 0 aromatic heterocycles. The highest BCUT2D eigenvalue weighted by Crippen LogP contribution is 2.66. The molecule has 8 nitrogen and oxygen atoms in total. The summed E-state index contributed by atoms with van der Waals surface area (Å²) in [5.74, 6) is -6.07. The number of alkyl halides is 2. The fraction of sp³-hybridized carbons (Fsp3) is 0.419. The molecule has 2 aromatic carbocycles. The van der Waals surface area contributed by atoms with Crippen molar-refractivity contribution in [2.45, 2.75) is 54.8 Å². The number of halogens is 3. The van der Waals surface area contributed by atoms with Crippen LogP contribution in [-0.2, 0) is 19.2 Å². The molecule has 6 unspecified atom stereocenters. The lowest BCUT2D eigenvalue weighted by Crippen LogP contribution is -2.60. The SMILES string of the molecule is COc1ccc(C2C3=CCC4C(=O)N(C(C)(C)C)C(=O)C4C3CC3(Cl)C(=O)N(c4ccc(F)cc4)C(=O)C23Cl)cc1O. The van der Waals surface area contributed by atoms with Crippen LogP contribution in [0.4, 0.5) is 10.1 Å². The van der Waals surface area contributed by atoms with Crippen molar-refractivity contribution >= 4 is 52.5 Å². The first-order valence-electron chi connectivity index (χ1n) is 13.6. The fourth-order valence-electron chi connectivity index (χ4n) is 7.32. The molecule has 2 aromatic rings. The summed E-state index contributed by atoms with van der Waals surface area (Å²) in [7, 11) is 1.39. The molecule has 42 heavy (non-hydrogen) atoms. The number of anilines is 1. The van der Waals surface area contributed by atoms with E-state index in [0.717, 1.165) is 17.0 Å². The summed E-state index contributed by atoms with van der Waals surface area (Å²) >= 11 is 14.6. The average molecular weight is 615 g/mol. The monoisotopic (exact) mass is 614 g/mol. The third-order valence-electron chi connectivity index (χ3n) is 9.10. The Morgan fingerprint density at radius 1 is 0.976 bits per heavy atom. The summed E-state index contributed by atoms with van der Waals surface area (Å²) in [5.41, 5.74) is 0.313. The van der Waals surface area contributed by atoms with E-state index in [4.69, 9.17) is 27.9 Å². The highest BCUT2D eigenvalue weighted by Gasteiger charge is 2.76. The number of carbonyl (C=O) groups is 4. The molecule has 4 amide bonds. The fourth-order valence-corrected chi connectivity index (χ4v) is 8.26. The number of nitrogens with zero attached hydrogens (tertiary/aromatic N) is 2. The topological polar surface area (TPSA) is 104 Å². The van der Waals surface area contributed by atoms with Gasteiger partial charge in [-0.05, 0) is 81.5 Å². The highest BCUT2D eigenvalue weighted by atomic mass is 35.5. The Balaban J connectivity index is 1.56. The van der Waals surface area contributed by atoms with E-state index in [0.29, 0.717) is 11.1 Å². The molecule has 220 valence electrons. The molecule has 1 N–H and O–H groups in total. The van der Waals surface area contributed by atoms with E-state index in [1.807, 2.05) is 6.08 Å². The minimum absolute atomic E-state index is 0.0954. The Bertz CT molecular complexity index is 1590. The number of amides is 4. The van der Waals surface area contributed by atoms with Gasteiger partial charge in [-0.2, -0.15) is 0 Å². The van der Waals surface area contributed by atoms with E-state index in [-0.39, 0.29) is 41.8 Å². The molecule has 0 bridgehead atoms. The van der Waals surface area contributed by atoms with Crippen molar-refractivity contribution in [3.8, 4) is 11.5 Å². The molecule has 2 aliphatic carbocycles. The molecule has 3 fully saturated rings. The molecule has 6 rings (SSSR count). The third-order valence-corrected chi connectivity index (χ3v) is 10.5. The number of fused-ring (bicyclic) bond motifs is 4. The maximum Gasteiger partial charge on any atom is 0.258 e. The van der Waals surface area contributed by atoms with Gasteiger partial charge in [0.1, 0.15) is 5.82 Å². The molecular weight excluding hydrogens is 586 g/mol. The second-order valence-electron chi connectivity index (χ2n) is 12.4. The van der Waals surface area contributed by atoms with Gasteiger partial charge in [0.25, 0.3) is 11.8 Å². The predicted molar refractivity (Wildman–Crippen MR) is 153 cm³/mol. The van der Waals surface area contributed by atoms with Gasteiger partial charge in [0, 0.05) is 11.5 Å². The van der Waals surface area contributed by atoms with Gasteiger partial charge in [0.2, 0.25) is 11.8 Å². The number of hydrogen-bond donors (Lipinski definition) is 1.